The average Bonchev–Trinajstić information content (AvgIpc) is 2.68. The van der Waals surface area contributed by atoms with Crippen LogP contribution in [0.15, 0.2) is 6.07 Å². The highest BCUT2D eigenvalue weighted by Gasteiger charge is 2.16. The highest BCUT2D eigenvalue weighted by molar-refractivity contribution is 7.14. The van der Waals surface area contributed by atoms with Crippen LogP contribution in [0.3, 0.4) is 0 Å². The summed E-state index contributed by atoms with van der Waals surface area (Å²) in [6.07, 6.45) is 6.01. The molecular weight excluding hydrogens is 282 g/mol. The van der Waals surface area contributed by atoms with Crippen molar-refractivity contribution in [2.75, 3.05) is 20.3 Å². The molecule has 2 rings (SSSR count). The molecule has 0 saturated heterocycles. The number of carbonyl (C=O) groups is 1. The van der Waals surface area contributed by atoms with Crippen LogP contribution in [0.1, 0.15) is 39.4 Å². The van der Waals surface area contributed by atoms with Crippen LogP contribution in [-0.4, -0.2) is 31.5 Å². The Morgan fingerprint density at radius 1 is 1.47 bits per heavy atom. The molecule has 1 aliphatic carbocycles. The third-order valence-electron chi connectivity index (χ3n) is 3.30. The summed E-state index contributed by atoms with van der Waals surface area (Å²) in [5, 5.41) is 2.69. The second-order valence-corrected chi connectivity index (χ2v) is 6.64. The Bertz CT molecular complexity index is 410. The van der Waals surface area contributed by atoms with Gasteiger partial charge in [0.1, 0.15) is 0 Å². The predicted molar refractivity (Wildman–Crippen MR) is 79.4 cm³/mol. The van der Waals surface area contributed by atoms with E-state index in [0.29, 0.717) is 13.2 Å². The first-order chi connectivity index (χ1) is 9.20. The van der Waals surface area contributed by atoms with Crippen molar-refractivity contribution in [3.8, 4) is 0 Å². The minimum atomic E-state index is -0.174. The number of thiophene rings is 1. The summed E-state index contributed by atoms with van der Waals surface area (Å²) in [5.41, 5.74) is 1.37. The number of halogens is 1. The Balaban J connectivity index is 1.92. The number of aryl methyl sites for hydroxylation is 2. The molecule has 1 atom stereocenters. The number of hydrogen-bond donors (Lipinski definition) is 1. The van der Waals surface area contributed by atoms with Crippen molar-refractivity contribution < 1.29 is 9.53 Å². The quantitative estimate of drug-likeness (QED) is 0.671. The maximum atomic E-state index is 12.1. The molecule has 19 heavy (non-hydrogen) atoms. The molecule has 0 spiro atoms. The summed E-state index contributed by atoms with van der Waals surface area (Å²) in [6.45, 7) is 0.888. The molecule has 0 bridgehead atoms. The van der Waals surface area contributed by atoms with Crippen LogP contribution in [0.25, 0.3) is 0 Å². The molecule has 1 aromatic rings. The molecule has 1 amide bonds. The molecule has 1 aliphatic rings. The van der Waals surface area contributed by atoms with Gasteiger partial charge in [0.2, 0.25) is 0 Å². The van der Waals surface area contributed by atoms with E-state index in [-0.39, 0.29) is 11.3 Å². The lowest BCUT2D eigenvalue weighted by Gasteiger charge is -2.08. The van der Waals surface area contributed by atoms with Gasteiger partial charge in [-0.15, -0.1) is 22.9 Å². The van der Waals surface area contributed by atoms with E-state index in [2.05, 4.69) is 11.4 Å². The van der Waals surface area contributed by atoms with E-state index >= 15 is 0 Å². The molecule has 0 saturated carbocycles. The maximum Gasteiger partial charge on any atom is 0.261 e. The van der Waals surface area contributed by atoms with Gasteiger partial charge in [0, 0.05) is 18.5 Å². The van der Waals surface area contributed by atoms with Gasteiger partial charge >= 0.3 is 0 Å². The van der Waals surface area contributed by atoms with Crippen molar-refractivity contribution >= 4 is 28.8 Å². The highest BCUT2D eigenvalue weighted by atomic mass is 35.5. The van der Waals surface area contributed by atoms with Crippen molar-refractivity contribution in [3.05, 3.63) is 21.4 Å². The van der Waals surface area contributed by atoms with E-state index in [1.54, 1.807) is 18.4 Å². The van der Waals surface area contributed by atoms with Crippen LogP contribution >= 0.6 is 22.9 Å². The normalized spacial score (nSPS) is 16.5. The Morgan fingerprint density at radius 3 is 3.05 bits per heavy atom. The van der Waals surface area contributed by atoms with Gasteiger partial charge in [-0.3, -0.25) is 4.79 Å². The molecule has 1 N–H and O–H groups in total. The Hall–Kier alpha value is -0.580. The summed E-state index contributed by atoms with van der Waals surface area (Å²) in [5.74, 6) is -0.0140. The number of rotatable bonds is 5. The monoisotopic (exact) mass is 301 g/mol. The number of hydrogen-bond acceptors (Lipinski definition) is 3. The topological polar surface area (TPSA) is 38.3 Å². The second kappa shape index (κ2) is 7.27. The summed E-state index contributed by atoms with van der Waals surface area (Å²) >= 11 is 7.63. The van der Waals surface area contributed by atoms with Crippen LogP contribution in [0, 0.1) is 0 Å². The van der Waals surface area contributed by atoms with Gasteiger partial charge in [0.15, 0.2) is 0 Å². The molecule has 5 heteroatoms. The summed E-state index contributed by atoms with van der Waals surface area (Å²) in [7, 11) is 1.60. The van der Waals surface area contributed by atoms with Crippen LogP contribution in [0.4, 0.5) is 0 Å². The molecule has 1 aromatic heterocycles. The lowest BCUT2D eigenvalue weighted by Crippen LogP contribution is -2.31. The molecule has 0 aliphatic heterocycles. The van der Waals surface area contributed by atoms with Crippen LogP contribution < -0.4 is 5.32 Å². The smallest absolute Gasteiger partial charge is 0.261 e. The van der Waals surface area contributed by atoms with Gasteiger partial charge in [-0.1, -0.05) is 6.42 Å². The van der Waals surface area contributed by atoms with E-state index in [1.165, 1.54) is 29.7 Å². The van der Waals surface area contributed by atoms with Crippen LogP contribution in [0.5, 0.6) is 0 Å². The number of nitrogens with one attached hydrogen (secondary N) is 1. The average molecular weight is 302 g/mol. The third kappa shape index (κ3) is 4.20. The van der Waals surface area contributed by atoms with Crippen molar-refractivity contribution in [1.82, 2.24) is 5.32 Å². The van der Waals surface area contributed by atoms with Gasteiger partial charge in [-0.25, -0.2) is 0 Å². The zero-order valence-electron chi connectivity index (χ0n) is 11.2. The third-order valence-corrected chi connectivity index (χ3v) is 4.82. The predicted octanol–water partition coefficient (Wildman–Crippen LogP) is 3.00. The number of fused-ring (bicyclic) bond motifs is 1. The number of methoxy groups -OCH3 is 1. The van der Waals surface area contributed by atoms with Crippen molar-refractivity contribution in [2.45, 2.75) is 37.5 Å². The zero-order chi connectivity index (χ0) is 13.7. The molecule has 0 aromatic carbocycles. The van der Waals surface area contributed by atoms with Gasteiger partial charge < -0.3 is 10.1 Å². The number of amides is 1. The highest BCUT2D eigenvalue weighted by Crippen LogP contribution is 2.28. The molecule has 3 nitrogen and oxygen atoms in total. The van der Waals surface area contributed by atoms with E-state index < -0.39 is 0 Å². The van der Waals surface area contributed by atoms with Gasteiger partial charge in [0.05, 0.1) is 16.9 Å². The second-order valence-electron chi connectivity index (χ2n) is 4.88. The summed E-state index contributed by atoms with van der Waals surface area (Å²) in [6, 6.07) is 2.06. The molecular formula is C14H20ClNO2S. The molecule has 0 fully saturated rings. The first-order valence-corrected chi connectivity index (χ1v) is 7.98. The van der Waals surface area contributed by atoms with Gasteiger partial charge in [-0.05, 0) is 37.3 Å². The fourth-order valence-electron chi connectivity index (χ4n) is 2.31. The Morgan fingerprint density at radius 2 is 2.26 bits per heavy atom. The van der Waals surface area contributed by atoms with Crippen LogP contribution in [-0.2, 0) is 17.6 Å². The van der Waals surface area contributed by atoms with Crippen molar-refractivity contribution in [2.24, 2.45) is 0 Å². The lowest BCUT2D eigenvalue weighted by molar-refractivity contribution is 0.0953. The number of alkyl halides is 1. The number of carbonyl (C=O) groups excluding carboxylic acids is 1. The fraction of sp³-hybridized carbons (Fsp3) is 0.643. The molecule has 1 heterocycles. The number of ether oxygens (including phenoxy) is 1. The van der Waals surface area contributed by atoms with E-state index in [1.807, 2.05) is 0 Å². The maximum absolute atomic E-state index is 12.1. The summed E-state index contributed by atoms with van der Waals surface area (Å²) < 4.78 is 4.94. The first kappa shape index (κ1) is 14.8. The summed E-state index contributed by atoms with van der Waals surface area (Å²) in [4.78, 5) is 14.3. The standard InChI is InChI=1S/C14H20ClNO2S/c1-18-9-11(15)8-16-14(17)13-7-10-5-3-2-4-6-12(10)19-13/h7,11H,2-6,8-9H2,1H3,(H,16,17). The molecule has 1 unspecified atom stereocenters. The Kier molecular flexibility index (Phi) is 5.67. The lowest BCUT2D eigenvalue weighted by atomic mass is 10.1. The van der Waals surface area contributed by atoms with E-state index in [4.69, 9.17) is 16.3 Å². The SMILES string of the molecule is COCC(Cl)CNC(=O)c1cc2c(s1)CCCCC2. The van der Waals surface area contributed by atoms with Gasteiger partial charge in [-0.2, -0.15) is 0 Å². The largest absolute Gasteiger partial charge is 0.383 e. The first-order valence-electron chi connectivity index (χ1n) is 6.73. The van der Waals surface area contributed by atoms with E-state index in [0.717, 1.165) is 17.7 Å². The van der Waals surface area contributed by atoms with Crippen molar-refractivity contribution in [3.63, 3.8) is 0 Å². The van der Waals surface area contributed by atoms with Crippen LogP contribution in [0.2, 0.25) is 0 Å². The van der Waals surface area contributed by atoms with Crippen molar-refractivity contribution in [1.29, 1.82) is 0 Å². The fourth-order valence-corrected chi connectivity index (χ4v) is 3.68. The van der Waals surface area contributed by atoms with E-state index in [9.17, 15) is 4.79 Å². The molecule has 106 valence electrons. The Labute approximate surface area is 123 Å². The van der Waals surface area contributed by atoms with Gasteiger partial charge in [0.25, 0.3) is 5.91 Å². The minimum Gasteiger partial charge on any atom is -0.383 e. The minimum absolute atomic E-state index is 0.0140. The molecule has 0 radical (unpaired) electrons. The zero-order valence-corrected chi connectivity index (χ0v) is 12.8.